The standard InChI is InChI=1S/C11H14N2O/c1-11(8-5-9-14-11)13-12-10-6-3-2-4-7-10/h2-4,6-7H,5,8-9H2,1H3. The molecule has 1 atom stereocenters. The maximum absolute atomic E-state index is 5.50. The Labute approximate surface area is 83.8 Å². The molecule has 0 bridgehead atoms. The molecule has 0 radical (unpaired) electrons. The van der Waals surface area contributed by atoms with Gasteiger partial charge in [0.25, 0.3) is 0 Å². The van der Waals surface area contributed by atoms with Gasteiger partial charge in [-0.2, -0.15) is 10.2 Å². The lowest BCUT2D eigenvalue weighted by atomic mass is 10.2. The van der Waals surface area contributed by atoms with Gasteiger partial charge in [0.2, 0.25) is 0 Å². The summed E-state index contributed by atoms with van der Waals surface area (Å²) in [6, 6.07) is 9.73. The van der Waals surface area contributed by atoms with Crippen molar-refractivity contribution in [3.05, 3.63) is 30.3 Å². The van der Waals surface area contributed by atoms with E-state index in [1.165, 1.54) is 0 Å². The summed E-state index contributed by atoms with van der Waals surface area (Å²) in [4.78, 5) is 0. The first-order chi connectivity index (χ1) is 6.79. The maximum atomic E-state index is 5.50. The lowest BCUT2D eigenvalue weighted by Gasteiger charge is -2.14. The van der Waals surface area contributed by atoms with E-state index in [0.29, 0.717) is 0 Å². The summed E-state index contributed by atoms with van der Waals surface area (Å²) < 4.78 is 5.50. The summed E-state index contributed by atoms with van der Waals surface area (Å²) in [6.07, 6.45) is 2.04. The maximum Gasteiger partial charge on any atom is 0.176 e. The molecule has 0 aromatic heterocycles. The molecule has 3 nitrogen and oxygen atoms in total. The van der Waals surface area contributed by atoms with E-state index in [-0.39, 0.29) is 0 Å². The van der Waals surface area contributed by atoms with Crippen molar-refractivity contribution < 1.29 is 4.74 Å². The van der Waals surface area contributed by atoms with Gasteiger partial charge in [-0.15, -0.1) is 0 Å². The SMILES string of the molecule is CC1(N=Nc2ccccc2)CCCO1. The summed E-state index contributed by atoms with van der Waals surface area (Å²) in [7, 11) is 0. The van der Waals surface area contributed by atoms with Crippen molar-refractivity contribution in [3.63, 3.8) is 0 Å². The molecular formula is C11H14N2O. The molecule has 0 amide bonds. The van der Waals surface area contributed by atoms with Crippen molar-refractivity contribution in [2.45, 2.75) is 25.5 Å². The molecule has 1 aliphatic heterocycles. The van der Waals surface area contributed by atoms with Gasteiger partial charge in [-0.3, -0.25) is 0 Å². The van der Waals surface area contributed by atoms with Gasteiger partial charge in [0, 0.05) is 13.0 Å². The highest BCUT2D eigenvalue weighted by molar-refractivity contribution is 5.34. The topological polar surface area (TPSA) is 34.0 Å². The second-order valence-corrected chi connectivity index (χ2v) is 3.66. The zero-order chi connectivity index (χ0) is 9.86. The van der Waals surface area contributed by atoms with Gasteiger partial charge < -0.3 is 4.74 Å². The van der Waals surface area contributed by atoms with Crippen LogP contribution in [0.2, 0.25) is 0 Å². The van der Waals surface area contributed by atoms with Gasteiger partial charge in [0.05, 0.1) is 5.69 Å². The molecule has 3 heteroatoms. The van der Waals surface area contributed by atoms with E-state index in [4.69, 9.17) is 4.74 Å². The Bertz CT molecular complexity index is 315. The van der Waals surface area contributed by atoms with Gasteiger partial charge in [-0.1, -0.05) is 18.2 Å². The Morgan fingerprint density at radius 2 is 2.07 bits per heavy atom. The normalized spacial score (nSPS) is 27.2. The molecule has 1 unspecified atom stereocenters. The second-order valence-electron chi connectivity index (χ2n) is 3.66. The van der Waals surface area contributed by atoms with Crippen LogP contribution in [-0.4, -0.2) is 12.3 Å². The van der Waals surface area contributed by atoms with Crippen LogP contribution in [0.5, 0.6) is 0 Å². The van der Waals surface area contributed by atoms with Crippen molar-refractivity contribution in [1.29, 1.82) is 0 Å². The zero-order valence-electron chi connectivity index (χ0n) is 8.31. The molecule has 0 saturated carbocycles. The first kappa shape index (κ1) is 9.34. The van der Waals surface area contributed by atoms with Crippen LogP contribution >= 0.6 is 0 Å². The molecular weight excluding hydrogens is 176 g/mol. The second kappa shape index (κ2) is 3.88. The van der Waals surface area contributed by atoms with Crippen LogP contribution in [0, 0.1) is 0 Å². The number of hydrogen-bond donors (Lipinski definition) is 0. The minimum Gasteiger partial charge on any atom is -0.352 e. The van der Waals surface area contributed by atoms with Crippen LogP contribution in [-0.2, 0) is 4.74 Å². The van der Waals surface area contributed by atoms with Crippen LogP contribution in [0.1, 0.15) is 19.8 Å². The molecule has 0 aliphatic carbocycles. The van der Waals surface area contributed by atoms with Crippen molar-refractivity contribution in [2.75, 3.05) is 6.61 Å². The Balaban J connectivity index is 2.06. The Kier molecular flexibility index (Phi) is 2.59. The number of benzene rings is 1. The predicted molar refractivity (Wildman–Crippen MR) is 54.5 cm³/mol. The highest BCUT2D eigenvalue weighted by atomic mass is 16.5. The number of rotatable bonds is 2. The number of nitrogens with zero attached hydrogens (tertiary/aromatic N) is 2. The summed E-state index contributed by atoms with van der Waals surface area (Å²) in [5.74, 6) is 0. The van der Waals surface area contributed by atoms with Crippen molar-refractivity contribution in [3.8, 4) is 0 Å². The minimum absolute atomic E-state index is 0.393. The Morgan fingerprint density at radius 3 is 2.71 bits per heavy atom. The van der Waals surface area contributed by atoms with Gasteiger partial charge in [0.1, 0.15) is 0 Å². The summed E-state index contributed by atoms with van der Waals surface area (Å²) >= 11 is 0. The third-order valence-corrected chi connectivity index (χ3v) is 2.33. The molecule has 1 aliphatic rings. The number of hydrogen-bond acceptors (Lipinski definition) is 3. The molecule has 1 saturated heterocycles. The molecule has 1 aromatic carbocycles. The monoisotopic (exact) mass is 190 g/mol. The fraction of sp³-hybridized carbons (Fsp3) is 0.455. The van der Waals surface area contributed by atoms with Crippen LogP contribution in [0.3, 0.4) is 0 Å². The third kappa shape index (κ3) is 2.17. The van der Waals surface area contributed by atoms with Gasteiger partial charge >= 0.3 is 0 Å². The smallest absolute Gasteiger partial charge is 0.176 e. The molecule has 14 heavy (non-hydrogen) atoms. The molecule has 0 spiro atoms. The van der Waals surface area contributed by atoms with Crippen molar-refractivity contribution >= 4 is 5.69 Å². The van der Waals surface area contributed by atoms with E-state index in [1.54, 1.807) is 0 Å². The van der Waals surface area contributed by atoms with E-state index >= 15 is 0 Å². The lowest BCUT2D eigenvalue weighted by Crippen LogP contribution is -2.18. The van der Waals surface area contributed by atoms with E-state index < -0.39 is 5.72 Å². The van der Waals surface area contributed by atoms with Crippen LogP contribution in [0.25, 0.3) is 0 Å². The molecule has 74 valence electrons. The van der Waals surface area contributed by atoms with E-state index in [0.717, 1.165) is 25.1 Å². The lowest BCUT2D eigenvalue weighted by molar-refractivity contribution is 0.0224. The van der Waals surface area contributed by atoms with Crippen LogP contribution < -0.4 is 0 Å². The molecule has 1 fully saturated rings. The Morgan fingerprint density at radius 1 is 1.29 bits per heavy atom. The number of azo groups is 1. The van der Waals surface area contributed by atoms with E-state index in [9.17, 15) is 0 Å². The summed E-state index contributed by atoms with van der Waals surface area (Å²) in [5, 5.41) is 8.39. The molecule has 1 heterocycles. The largest absolute Gasteiger partial charge is 0.352 e. The highest BCUT2D eigenvalue weighted by Gasteiger charge is 2.29. The van der Waals surface area contributed by atoms with Gasteiger partial charge in [-0.25, -0.2) is 0 Å². The zero-order valence-corrected chi connectivity index (χ0v) is 8.31. The first-order valence-corrected chi connectivity index (χ1v) is 4.90. The van der Waals surface area contributed by atoms with Crippen molar-refractivity contribution in [2.24, 2.45) is 10.2 Å². The van der Waals surface area contributed by atoms with Crippen LogP contribution in [0.4, 0.5) is 5.69 Å². The molecule has 0 N–H and O–H groups in total. The van der Waals surface area contributed by atoms with Crippen molar-refractivity contribution in [1.82, 2.24) is 0 Å². The molecule has 2 rings (SSSR count). The average molecular weight is 190 g/mol. The Hall–Kier alpha value is -1.22. The highest BCUT2D eigenvalue weighted by Crippen LogP contribution is 2.27. The van der Waals surface area contributed by atoms with Gasteiger partial charge in [0.15, 0.2) is 5.72 Å². The van der Waals surface area contributed by atoms with Gasteiger partial charge in [-0.05, 0) is 25.5 Å². The fourth-order valence-electron chi connectivity index (χ4n) is 1.50. The summed E-state index contributed by atoms with van der Waals surface area (Å²) in [6.45, 7) is 2.77. The third-order valence-electron chi connectivity index (χ3n) is 2.33. The first-order valence-electron chi connectivity index (χ1n) is 4.90. The summed E-state index contributed by atoms with van der Waals surface area (Å²) in [5.41, 5.74) is 0.486. The van der Waals surface area contributed by atoms with Crippen LogP contribution in [0.15, 0.2) is 40.6 Å². The number of ether oxygens (including phenoxy) is 1. The predicted octanol–water partition coefficient (Wildman–Crippen LogP) is 3.30. The quantitative estimate of drug-likeness (QED) is 0.659. The average Bonchev–Trinajstić information content (AvgIpc) is 2.65. The van der Waals surface area contributed by atoms with E-state index in [1.807, 2.05) is 37.3 Å². The fourth-order valence-corrected chi connectivity index (χ4v) is 1.50. The molecule has 1 aromatic rings. The van der Waals surface area contributed by atoms with E-state index in [2.05, 4.69) is 10.2 Å². The minimum atomic E-state index is -0.393.